The van der Waals surface area contributed by atoms with Crippen molar-refractivity contribution in [2.45, 2.75) is 18.7 Å². The molecule has 0 N–H and O–H groups in total. The molecule has 0 saturated carbocycles. The molecule has 126 valence electrons. The van der Waals surface area contributed by atoms with E-state index in [0.29, 0.717) is 5.56 Å². The van der Waals surface area contributed by atoms with Crippen LogP contribution in [-0.2, 0) is 10.1 Å². The highest BCUT2D eigenvalue weighted by atomic mass is 32.2. The number of hydrogen-bond donors (Lipinski definition) is 0. The molecule has 24 heavy (non-hydrogen) atoms. The minimum Gasteiger partial charge on any atom is -0.371 e. The summed E-state index contributed by atoms with van der Waals surface area (Å²) in [7, 11) is -4.63. The smallest absolute Gasteiger partial charge is 0.346 e. The first-order valence-electron chi connectivity index (χ1n) is 6.57. The first kappa shape index (κ1) is 17.3. The fraction of sp³-hybridized carbons (Fsp3) is 0.143. The van der Waals surface area contributed by atoms with E-state index in [1.807, 2.05) is 0 Å². The Kier molecular flexibility index (Phi) is 4.51. The molecule has 0 amide bonds. The number of rotatable bonds is 5. The van der Waals surface area contributed by atoms with Gasteiger partial charge in [0.15, 0.2) is 4.90 Å². The molecule has 0 atom stereocenters. The van der Waals surface area contributed by atoms with Crippen molar-refractivity contribution < 1.29 is 22.4 Å². The molecule has 0 aromatic heterocycles. The molecule has 0 bridgehead atoms. The van der Waals surface area contributed by atoms with E-state index in [1.54, 1.807) is 6.92 Å². The van der Waals surface area contributed by atoms with Gasteiger partial charge in [0, 0.05) is 12.1 Å². The van der Waals surface area contributed by atoms with Gasteiger partial charge >= 0.3 is 15.8 Å². The highest BCUT2D eigenvalue weighted by Crippen LogP contribution is 2.34. The van der Waals surface area contributed by atoms with Crippen LogP contribution in [0.3, 0.4) is 0 Å². The molecule has 0 spiro atoms. The van der Waals surface area contributed by atoms with Crippen LogP contribution in [0.1, 0.15) is 11.1 Å². The van der Waals surface area contributed by atoms with Crippen molar-refractivity contribution in [1.82, 2.24) is 0 Å². The Bertz CT molecular complexity index is 938. The summed E-state index contributed by atoms with van der Waals surface area (Å²) >= 11 is 0. The summed E-state index contributed by atoms with van der Waals surface area (Å²) in [6, 6.07) is 7.44. The highest BCUT2D eigenvalue weighted by molar-refractivity contribution is 7.87. The minimum atomic E-state index is -4.63. The Morgan fingerprint density at radius 2 is 1.58 bits per heavy atom. The Labute approximate surface area is 136 Å². The normalized spacial score (nSPS) is 11.1. The SMILES string of the molecule is Cc1ccc(OS(=O)(=O)c2c(C)cccc2[N+](=O)[O-])c([N+](=O)[O-])c1. The molecule has 0 heterocycles. The van der Waals surface area contributed by atoms with E-state index in [2.05, 4.69) is 0 Å². The Morgan fingerprint density at radius 1 is 0.958 bits per heavy atom. The van der Waals surface area contributed by atoms with Crippen molar-refractivity contribution in [3.8, 4) is 5.75 Å². The number of benzene rings is 2. The Morgan fingerprint density at radius 3 is 2.17 bits per heavy atom. The fourth-order valence-electron chi connectivity index (χ4n) is 2.11. The maximum Gasteiger partial charge on any atom is 0.346 e. The predicted molar refractivity (Wildman–Crippen MR) is 83.5 cm³/mol. The molecule has 2 rings (SSSR count). The number of nitro groups is 2. The molecule has 2 aromatic carbocycles. The maximum atomic E-state index is 12.5. The van der Waals surface area contributed by atoms with E-state index in [9.17, 15) is 28.6 Å². The molecular formula is C14H12N2O7S. The quantitative estimate of drug-likeness (QED) is 0.459. The standard InChI is InChI=1S/C14H12N2O7S/c1-9-6-7-13(12(8-9)16(19)20)23-24(21,22)14-10(2)4-3-5-11(14)15(17)18/h3-8H,1-2H3. The van der Waals surface area contributed by atoms with Crippen molar-refractivity contribution in [3.05, 3.63) is 67.8 Å². The highest BCUT2D eigenvalue weighted by Gasteiger charge is 2.31. The van der Waals surface area contributed by atoms with Gasteiger partial charge in [0.25, 0.3) is 5.69 Å². The molecule has 10 heteroatoms. The van der Waals surface area contributed by atoms with Gasteiger partial charge in [-0.05, 0) is 31.0 Å². The lowest BCUT2D eigenvalue weighted by Crippen LogP contribution is -2.14. The molecule has 0 fully saturated rings. The molecule has 2 aromatic rings. The zero-order valence-electron chi connectivity index (χ0n) is 12.6. The van der Waals surface area contributed by atoms with Crippen LogP contribution in [0.25, 0.3) is 0 Å². The molecule has 0 aliphatic rings. The van der Waals surface area contributed by atoms with Gasteiger partial charge in [-0.25, -0.2) is 0 Å². The third-order valence-electron chi connectivity index (χ3n) is 3.15. The van der Waals surface area contributed by atoms with Crippen molar-refractivity contribution >= 4 is 21.5 Å². The van der Waals surface area contributed by atoms with Crippen molar-refractivity contribution in [2.75, 3.05) is 0 Å². The lowest BCUT2D eigenvalue weighted by Gasteiger charge is -2.10. The molecule has 0 radical (unpaired) electrons. The minimum absolute atomic E-state index is 0.0963. The third kappa shape index (κ3) is 3.33. The van der Waals surface area contributed by atoms with Crippen LogP contribution in [0.5, 0.6) is 5.75 Å². The van der Waals surface area contributed by atoms with Gasteiger partial charge < -0.3 is 4.18 Å². The molecule has 0 aliphatic carbocycles. The molecule has 0 aliphatic heterocycles. The lowest BCUT2D eigenvalue weighted by atomic mass is 10.2. The summed E-state index contributed by atoms with van der Waals surface area (Å²) in [5.41, 5.74) is -0.577. The van der Waals surface area contributed by atoms with Crippen molar-refractivity contribution in [3.63, 3.8) is 0 Å². The first-order chi connectivity index (χ1) is 11.1. The first-order valence-corrected chi connectivity index (χ1v) is 7.98. The van der Waals surface area contributed by atoms with Gasteiger partial charge in [-0.15, -0.1) is 0 Å². The second kappa shape index (κ2) is 6.24. The average molecular weight is 352 g/mol. The largest absolute Gasteiger partial charge is 0.371 e. The lowest BCUT2D eigenvalue weighted by molar-refractivity contribution is -0.388. The predicted octanol–water partition coefficient (Wildman–Crippen LogP) is 2.89. The molecule has 9 nitrogen and oxygen atoms in total. The zero-order valence-corrected chi connectivity index (χ0v) is 13.4. The van der Waals surface area contributed by atoms with Gasteiger partial charge in [-0.3, -0.25) is 20.2 Å². The maximum absolute atomic E-state index is 12.5. The number of nitrogens with zero attached hydrogens (tertiary/aromatic N) is 2. The van der Waals surface area contributed by atoms with E-state index >= 15 is 0 Å². The van der Waals surface area contributed by atoms with Crippen LogP contribution in [0.4, 0.5) is 11.4 Å². The van der Waals surface area contributed by atoms with Gasteiger partial charge in [-0.2, -0.15) is 8.42 Å². The van der Waals surface area contributed by atoms with Gasteiger partial charge in [0.2, 0.25) is 5.75 Å². The van der Waals surface area contributed by atoms with Crippen LogP contribution in [0.2, 0.25) is 0 Å². The van der Waals surface area contributed by atoms with E-state index in [4.69, 9.17) is 4.18 Å². The van der Waals surface area contributed by atoms with Gasteiger partial charge in [-0.1, -0.05) is 18.2 Å². The molecule has 0 unspecified atom stereocenters. The van der Waals surface area contributed by atoms with E-state index in [-0.39, 0.29) is 5.56 Å². The summed E-state index contributed by atoms with van der Waals surface area (Å²) in [5.74, 6) is -0.511. The van der Waals surface area contributed by atoms with Gasteiger partial charge in [0.1, 0.15) is 0 Å². The fourth-order valence-corrected chi connectivity index (χ4v) is 3.43. The van der Waals surface area contributed by atoms with E-state index in [0.717, 1.165) is 18.2 Å². The van der Waals surface area contributed by atoms with Crippen LogP contribution < -0.4 is 4.18 Å². The van der Waals surface area contributed by atoms with Gasteiger partial charge in [0.05, 0.1) is 9.85 Å². The summed E-state index contributed by atoms with van der Waals surface area (Å²) in [6.07, 6.45) is 0. The summed E-state index contributed by atoms with van der Waals surface area (Å²) in [6.45, 7) is 2.96. The Balaban J connectivity index is 2.60. The number of hydrogen-bond acceptors (Lipinski definition) is 7. The van der Waals surface area contributed by atoms with Crippen LogP contribution >= 0.6 is 0 Å². The molecular weight excluding hydrogens is 340 g/mol. The van der Waals surface area contributed by atoms with Crippen LogP contribution in [-0.4, -0.2) is 18.3 Å². The number of aryl methyl sites for hydroxylation is 2. The topological polar surface area (TPSA) is 130 Å². The summed E-state index contributed by atoms with van der Waals surface area (Å²) in [5, 5.41) is 22.1. The Hall–Kier alpha value is -3.01. The summed E-state index contributed by atoms with van der Waals surface area (Å²) < 4.78 is 29.7. The third-order valence-corrected chi connectivity index (χ3v) is 4.58. The number of nitro benzene ring substituents is 2. The average Bonchev–Trinajstić information content (AvgIpc) is 2.48. The zero-order chi connectivity index (χ0) is 18.1. The molecule has 0 saturated heterocycles. The van der Waals surface area contributed by atoms with E-state index < -0.39 is 42.0 Å². The van der Waals surface area contributed by atoms with E-state index in [1.165, 1.54) is 25.1 Å². The van der Waals surface area contributed by atoms with Crippen molar-refractivity contribution in [2.24, 2.45) is 0 Å². The monoisotopic (exact) mass is 352 g/mol. The van der Waals surface area contributed by atoms with Crippen LogP contribution in [0, 0.1) is 34.1 Å². The van der Waals surface area contributed by atoms with Crippen LogP contribution in [0.15, 0.2) is 41.3 Å². The second-order valence-corrected chi connectivity index (χ2v) is 6.43. The summed E-state index contributed by atoms with van der Waals surface area (Å²) in [4.78, 5) is 19.9. The second-order valence-electron chi connectivity index (χ2n) is 4.95. The van der Waals surface area contributed by atoms with Crippen molar-refractivity contribution in [1.29, 1.82) is 0 Å².